The Morgan fingerprint density at radius 2 is 1.93 bits per heavy atom. The monoisotopic (exact) mass is 544 g/mol. The molecule has 1 aliphatic carbocycles. The van der Waals surface area contributed by atoms with Crippen LogP contribution in [-0.4, -0.2) is 36.9 Å². The molecule has 1 saturated carbocycles. The van der Waals surface area contributed by atoms with Crippen LogP contribution in [0.3, 0.4) is 0 Å². The number of rotatable bonds is 5. The number of aryl methyl sites for hydroxylation is 2. The molecule has 1 fully saturated rings. The summed E-state index contributed by atoms with van der Waals surface area (Å²) in [6.45, 7) is 15.6. The van der Waals surface area contributed by atoms with Crippen LogP contribution >= 0.6 is 0 Å². The van der Waals surface area contributed by atoms with Crippen molar-refractivity contribution in [2.24, 2.45) is 28.8 Å². The number of carbonyl (C=O) groups excluding carboxylic acids is 1. The minimum absolute atomic E-state index is 0.000299. The van der Waals surface area contributed by atoms with Gasteiger partial charge in [0.25, 0.3) is 5.91 Å². The number of aromatic nitrogens is 4. The fraction of sp³-hybridized carbons (Fsp3) is 0.562. The Morgan fingerprint density at radius 3 is 2.60 bits per heavy atom. The number of nitrogens with zero attached hydrogens (tertiary/aromatic N) is 5. The zero-order chi connectivity index (χ0) is 29.0. The summed E-state index contributed by atoms with van der Waals surface area (Å²) in [4.78, 5) is 31.7. The van der Waals surface area contributed by atoms with Crippen LogP contribution in [0.1, 0.15) is 82.0 Å². The summed E-state index contributed by atoms with van der Waals surface area (Å²) in [5.74, 6) is 0.281. The van der Waals surface area contributed by atoms with E-state index in [2.05, 4.69) is 51.1 Å². The molecule has 3 unspecified atom stereocenters. The number of hydrogen-bond donors (Lipinski definition) is 1. The van der Waals surface area contributed by atoms with Gasteiger partial charge in [-0.1, -0.05) is 46.8 Å². The maximum absolute atomic E-state index is 13.5. The quantitative estimate of drug-likeness (QED) is 0.530. The standard InChI is InChI=1S/C32H44N6O2/c1-20-16-21(2)38(35-20)24-11-9-10-23(17-24)29(39)34-27-18-22(14-15-32(27,6)7)25-12-13-26-28(33-25)36(8)30(40)37(26)19-31(3,4)5/h9-11,13,16-17,22,25,27H,12,14-15,18-19H2,1-8H3,(H,34,39). The molecule has 8 nitrogen and oxygen atoms in total. The molecule has 1 amide bonds. The van der Waals surface area contributed by atoms with E-state index in [0.29, 0.717) is 18.0 Å². The molecule has 2 aromatic heterocycles. The van der Waals surface area contributed by atoms with Gasteiger partial charge in [-0.05, 0) is 80.5 Å². The van der Waals surface area contributed by atoms with Gasteiger partial charge in [-0.3, -0.25) is 18.9 Å². The Hall–Kier alpha value is -3.42. The van der Waals surface area contributed by atoms with Crippen molar-refractivity contribution in [1.82, 2.24) is 24.2 Å². The van der Waals surface area contributed by atoms with Crippen LogP contribution in [0.15, 0.2) is 40.1 Å². The number of fused-ring (bicyclic) bond motifs is 1. The summed E-state index contributed by atoms with van der Waals surface area (Å²) in [6, 6.07) is 9.85. The normalized spacial score (nSPS) is 22.2. The number of amides is 1. The molecule has 5 rings (SSSR count). The van der Waals surface area contributed by atoms with Gasteiger partial charge in [-0.15, -0.1) is 0 Å². The SMILES string of the molecule is Cc1cc(C)n(-c2cccc(C(=O)NC3CC(C4CC=c5c(n(C)c(=O)n5CC(C)(C)C)=N4)CCC3(C)C)c2)n1. The molecule has 214 valence electrons. The lowest BCUT2D eigenvalue weighted by Crippen LogP contribution is -2.51. The van der Waals surface area contributed by atoms with Crippen molar-refractivity contribution in [3.05, 3.63) is 68.6 Å². The van der Waals surface area contributed by atoms with Gasteiger partial charge in [-0.25, -0.2) is 9.48 Å². The van der Waals surface area contributed by atoms with Gasteiger partial charge in [0.05, 0.1) is 22.8 Å². The summed E-state index contributed by atoms with van der Waals surface area (Å²) >= 11 is 0. The summed E-state index contributed by atoms with van der Waals surface area (Å²) < 4.78 is 5.46. The van der Waals surface area contributed by atoms with Crippen molar-refractivity contribution in [3.63, 3.8) is 0 Å². The van der Waals surface area contributed by atoms with Crippen LogP contribution in [-0.2, 0) is 13.6 Å². The number of hydrogen-bond acceptors (Lipinski definition) is 4. The van der Waals surface area contributed by atoms with Crippen LogP contribution < -0.4 is 21.8 Å². The highest BCUT2D eigenvalue weighted by molar-refractivity contribution is 5.95. The molecule has 3 aromatic rings. The van der Waals surface area contributed by atoms with Gasteiger partial charge < -0.3 is 5.32 Å². The van der Waals surface area contributed by atoms with Gasteiger partial charge in [0.2, 0.25) is 0 Å². The van der Waals surface area contributed by atoms with Crippen LogP contribution in [0.5, 0.6) is 0 Å². The third-order valence-corrected chi connectivity index (χ3v) is 8.68. The van der Waals surface area contributed by atoms with E-state index >= 15 is 0 Å². The first-order valence-corrected chi connectivity index (χ1v) is 14.5. The Bertz CT molecular complexity index is 1610. The number of imidazole rings is 1. The minimum Gasteiger partial charge on any atom is -0.349 e. The second-order valence-corrected chi connectivity index (χ2v) is 13.8. The maximum Gasteiger partial charge on any atom is 0.330 e. The maximum atomic E-state index is 13.5. The number of nitrogens with one attached hydrogen (secondary N) is 1. The average molecular weight is 545 g/mol. The zero-order valence-electron chi connectivity index (χ0n) is 25.3. The van der Waals surface area contributed by atoms with Crippen molar-refractivity contribution < 1.29 is 4.79 Å². The van der Waals surface area contributed by atoms with Gasteiger partial charge >= 0.3 is 5.69 Å². The predicted molar refractivity (Wildman–Crippen MR) is 158 cm³/mol. The Balaban J connectivity index is 1.36. The Kier molecular flexibility index (Phi) is 7.17. The van der Waals surface area contributed by atoms with Gasteiger partial charge in [-0.2, -0.15) is 5.10 Å². The fourth-order valence-corrected chi connectivity index (χ4v) is 6.37. The molecule has 2 aliphatic rings. The summed E-state index contributed by atoms with van der Waals surface area (Å²) in [6.07, 6.45) is 5.96. The lowest BCUT2D eigenvalue weighted by atomic mass is 9.67. The van der Waals surface area contributed by atoms with E-state index in [4.69, 9.17) is 4.99 Å². The first kappa shape index (κ1) is 28.1. The minimum atomic E-state index is -0.0572. The van der Waals surface area contributed by atoms with Gasteiger partial charge in [0.1, 0.15) is 0 Å². The molecule has 0 bridgehead atoms. The predicted octanol–water partition coefficient (Wildman–Crippen LogP) is 3.83. The first-order chi connectivity index (χ1) is 18.7. The smallest absolute Gasteiger partial charge is 0.330 e. The third-order valence-electron chi connectivity index (χ3n) is 8.68. The third kappa shape index (κ3) is 5.45. The van der Waals surface area contributed by atoms with Crippen molar-refractivity contribution >= 4 is 12.0 Å². The molecule has 3 heterocycles. The Morgan fingerprint density at radius 1 is 1.18 bits per heavy atom. The highest BCUT2D eigenvalue weighted by atomic mass is 16.2. The van der Waals surface area contributed by atoms with Crippen molar-refractivity contribution in [2.45, 2.75) is 92.8 Å². The van der Waals surface area contributed by atoms with Crippen LogP contribution in [0.2, 0.25) is 0 Å². The second-order valence-electron chi connectivity index (χ2n) is 13.8. The summed E-state index contributed by atoms with van der Waals surface area (Å²) in [5.41, 5.74) is 4.27. The molecule has 40 heavy (non-hydrogen) atoms. The number of carbonyl (C=O) groups is 1. The van der Waals surface area contributed by atoms with Crippen LogP contribution in [0.4, 0.5) is 0 Å². The number of benzene rings is 1. The molecular formula is C32H44N6O2. The van der Waals surface area contributed by atoms with Crippen LogP contribution in [0, 0.1) is 30.6 Å². The molecule has 8 heteroatoms. The second kappa shape index (κ2) is 10.2. The first-order valence-electron chi connectivity index (χ1n) is 14.5. The molecular weight excluding hydrogens is 500 g/mol. The fourth-order valence-electron chi connectivity index (χ4n) is 6.37. The summed E-state index contributed by atoms with van der Waals surface area (Å²) in [5, 5.41) is 8.91. The van der Waals surface area contributed by atoms with E-state index in [0.717, 1.165) is 53.6 Å². The largest absolute Gasteiger partial charge is 0.349 e. The zero-order valence-corrected chi connectivity index (χ0v) is 25.3. The van der Waals surface area contributed by atoms with E-state index in [9.17, 15) is 9.59 Å². The van der Waals surface area contributed by atoms with Gasteiger partial charge in [0, 0.05) is 30.9 Å². The topological polar surface area (TPSA) is 86.2 Å². The van der Waals surface area contributed by atoms with Crippen molar-refractivity contribution in [1.29, 1.82) is 0 Å². The molecule has 3 atom stereocenters. The lowest BCUT2D eigenvalue weighted by molar-refractivity contribution is 0.0776. The average Bonchev–Trinajstić information content (AvgIpc) is 3.34. The molecule has 0 saturated heterocycles. The highest BCUT2D eigenvalue weighted by Gasteiger charge is 2.40. The lowest BCUT2D eigenvalue weighted by Gasteiger charge is -2.44. The van der Waals surface area contributed by atoms with E-state index in [1.54, 1.807) is 4.57 Å². The van der Waals surface area contributed by atoms with Crippen LogP contribution in [0.25, 0.3) is 11.8 Å². The van der Waals surface area contributed by atoms with Gasteiger partial charge in [0.15, 0.2) is 5.49 Å². The van der Waals surface area contributed by atoms with Crippen molar-refractivity contribution in [2.75, 3.05) is 0 Å². The summed E-state index contributed by atoms with van der Waals surface area (Å²) in [7, 11) is 1.83. The van der Waals surface area contributed by atoms with E-state index in [1.165, 1.54) is 0 Å². The molecule has 0 spiro atoms. The molecule has 1 aliphatic heterocycles. The molecule has 0 radical (unpaired) electrons. The van der Waals surface area contributed by atoms with E-state index in [1.807, 2.05) is 60.5 Å². The van der Waals surface area contributed by atoms with Crippen molar-refractivity contribution in [3.8, 4) is 5.69 Å². The Labute approximate surface area is 236 Å². The molecule has 1 N–H and O–H groups in total. The van der Waals surface area contributed by atoms with E-state index < -0.39 is 0 Å². The molecule has 1 aromatic carbocycles. The van der Waals surface area contributed by atoms with E-state index in [-0.39, 0.29) is 34.5 Å². The highest BCUT2D eigenvalue weighted by Crippen LogP contribution is 2.41.